The zero-order chi connectivity index (χ0) is 22.4. The summed E-state index contributed by atoms with van der Waals surface area (Å²) >= 11 is 0. The quantitative estimate of drug-likeness (QED) is 0.386. The molecule has 4 aliphatic rings. The van der Waals surface area contributed by atoms with Crippen LogP contribution in [0.4, 0.5) is 0 Å². The van der Waals surface area contributed by atoms with Crippen molar-refractivity contribution < 1.29 is 19.1 Å². The maximum Gasteiger partial charge on any atom is 0.309 e. The van der Waals surface area contributed by atoms with Crippen LogP contribution in [0, 0.1) is 34.0 Å². The molecule has 4 fully saturated rings. The average Bonchev–Trinajstić information content (AvgIpc) is 3.10. The Bertz CT molecular complexity index is 640. The molecule has 0 aromatic rings. The number of carbonyl (C=O) groups is 2. The minimum Gasteiger partial charge on any atom is -0.464 e. The fourth-order valence-corrected chi connectivity index (χ4v) is 6.73. The highest BCUT2D eigenvalue weighted by molar-refractivity contribution is 5.74. The van der Waals surface area contributed by atoms with Crippen molar-refractivity contribution in [2.45, 2.75) is 118 Å². The van der Waals surface area contributed by atoms with Gasteiger partial charge in [-0.15, -0.1) is 0 Å². The highest BCUT2D eigenvalue weighted by Gasteiger charge is 2.58. The first kappa shape index (κ1) is 23.6. The van der Waals surface area contributed by atoms with E-state index in [4.69, 9.17) is 9.47 Å². The van der Waals surface area contributed by atoms with Crippen LogP contribution in [-0.2, 0) is 19.1 Å². The Kier molecular flexibility index (Phi) is 6.40. The van der Waals surface area contributed by atoms with E-state index in [9.17, 15) is 9.59 Å². The van der Waals surface area contributed by atoms with E-state index in [0.29, 0.717) is 28.6 Å². The van der Waals surface area contributed by atoms with Crippen molar-refractivity contribution in [2.75, 3.05) is 0 Å². The second-order valence-corrected chi connectivity index (χ2v) is 13.1. The molecule has 4 aliphatic carbocycles. The Balaban J connectivity index is 0.000000199. The molecule has 4 saturated carbocycles. The molecule has 172 valence electrons. The van der Waals surface area contributed by atoms with Gasteiger partial charge in [-0.05, 0) is 86.9 Å². The molecule has 0 amide bonds. The highest BCUT2D eigenvalue weighted by atomic mass is 16.6. The Labute approximate surface area is 183 Å². The lowest BCUT2D eigenvalue weighted by Gasteiger charge is -2.31. The van der Waals surface area contributed by atoms with Gasteiger partial charge in [-0.3, -0.25) is 9.59 Å². The standard InChI is InChI=1S/C15H22O4.C11H22/c1-15(4-2-3-5-15)19-14(17)12-7-10-6-11(12)13(8-10)18-9-16;1-9(2,3)7-11(6)8-10(11,4)5/h9-13H,2-8H2,1H3;7-8H2,1-6H3. The zero-order valence-corrected chi connectivity index (χ0v) is 20.4. The van der Waals surface area contributed by atoms with Gasteiger partial charge in [-0.25, -0.2) is 0 Å². The van der Waals surface area contributed by atoms with Crippen LogP contribution in [0.25, 0.3) is 0 Å². The van der Waals surface area contributed by atoms with Crippen LogP contribution in [0.15, 0.2) is 0 Å². The van der Waals surface area contributed by atoms with Crippen molar-refractivity contribution in [1.82, 2.24) is 0 Å². The van der Waals surface area contributed by atoms with Crippen molar-refractivity contribution in [1.29, 1.82) is 0 Å². The lowest BCUT2D eigenvalue weighted by Crippen LogP contribution is -2.37. The Morgan fingerprint density at radius 1 is 1.03 bits per heavy atom. The molecule has 4 heteroatoms. The molecule has 0 aromatic carbocycles. The summed E-state index contributed by atoms with van der Waals surface area (Å²) in [4.78, 5) is 22.9. The number of esters is 1. The van der Waals surface area contributed by atoms with Gasteiger partial charge in [0, 0.05) is 5.92 Å². The molecule has 5 atom stereocenters. The van der Waals surface area contributed by atoms with Gasteiger partial charge >= 0.3 is 5.97 Å². The van der Waals surface area contributed by atoms with Crippen LogP contribution in [0.3, 0.4) is 0 Å². The summed E-state index contributed by atoms with van der Waals surface area (Å²) in [5, 5.41) is 0. The van der Waals surface area contributed by atoms with Crippen molar-refractivity contribution in [2.24, 2.45) is 34.0 Å². The molecular formula is C26H44O4. The summed E-state index contributed by atoms with van der Waals surface area (Å²) in [6.07, 6.45) is 9.82. The summed E-state index contributed by atoms with van der Waals surface area (Å²) < 4.78 is 10.9. The molecule has 4 nitrogen and oxygen atoms in total. The van der Waals surface area contributed by atoms with E-state index in [1.807, 2.05) is 6.92 Å². The number of rotatable bonds is 5. The molecule has 2 bridgehead atoms. The van der Waals surface area contributed by atoms with E-state index in [1.165, 1.54) is 12.8 Å². The van der Waals surface area contributed by atoms with E-state index in [1.54, 1.807) is 0 Å². The van der Waals surface area contributed by atoms with E-state index >= 15 is 0 Å². The molecule has 30 heavy (non-hydrogen) atoms. The van der Waals surface area contributed by atoms with Crippen molar-refractivity contribution >= 4 is 12.4 Å². The van der Waals surface area contributed by atoms with Crippen LogP contribution < -0.4 is 0 Å². The summed E-state index contributed by atoms with van der Waals surface area (Å²) in [5.41, 5.74) is 1.49. The second-order valence-electron chi connectivity index (χ2n) is 13.1. The fourth-order valence-electron chi connectivity index (χ4n) is 6.73. The van der Waals surface area contributed by atoms with E-state index in [2.05, 4.69) is 41.5 Å². The minimum absolute atomic E-state index is 0.0545. The summed E-state index contributed by atoms with van der Waals surface area (Å²) in [7, 11) is 0. The van der Waals surface area contributed by atoms with Gasteiger partial charge in [0.25, 0.3) is 6.47 Å². The summed E-state index contributed by atoms with van der Waals surface area (Å²) in [6.45, 7) is 16.8. The Morgan fingerprint density at radius 3 is 2.07 bits per heavy atom. The third-order valence-corrected chi connectivity index (χ3v) is 8.56. The van der Waals surface area contributed by atoms with Gasteiger partial charge in [-0.1, -0.05) is 41.5 Å². The van der Waals surface area contributed by atoms with Gasteiger partial charge in [0.1, 0.15) is 11.7 Å². The fraction of sp³-hybridized carbons (Fsp3) is 0.923. The molecule has 5 unspecified atom stereocenters. The van der Waals surface area contributed by atoms with E-state index < -0.39 is 0 Å². The molecular weight excluding hydrogens is 376 g/mol. The first-order chi connectivity index (χ1) is 13.8. The summed E-state index contributed by atoms with van der Waals surface area (Å²) in [6, 6.07) is 0. The molecule has 0 saturated heterocycles. The number of fused-ring (bicyclic) bond motifs is 2. The monoisotopic (exact) mass is 420 g/mol. The largest absolute Gasteiger partial charge is 0.464 e. The Hall–Kier alpha value is -1.06. The molecule has 4 rings (SSSR count). The zero-order valence-electron chi connectivity index (χ0n) is 20.4. The summed E-state index contributed by atoms with van der Waals surface area (Å²) in [5.74, 6) is 0.605. The van der Waals surface area contributed by atoms with Crippen molar-refractivity contribution in [3.8, 4) is 0 Å². The van der Waals surface area contributed by atoms with Crippen LogP contribution in [-0.4, -0.2) is 24.1 Å². The third kappa shape index (κ3) is 5.22. The first-order valence-corrected chi connectivity index (χ1v) is 12.1. The molecule has 0 spiro atoms. The average molecular weight is 421 g/mol. The number of hydrogen-bond donors (Lipinski definition) is 0. The SMILES string of the molecule is CC(C)(C)CC1(C)CC1(C)C.CC1(OC(=O)C2CC3CC(OC=O)C2C3)CCCC1. The van der Waals surface area contributed by atoms with Crippen molar-refractivity contribution in [3.05, 3.63) is 0 Å². The van der Waals surface area contributed by atoms with Gasteiger partial charge in [0.15, 0.2) is 0 Å². The molecule has 0 aliphatic heterocycles. The van der Waals surface area contributed by atoms with E-state index in [-0.39, 0.29) is 29.5 Å². The number of ether oxygens (including phenoxy) is 2. The molecule has 0 N–H and O–H groups in total. The van der Waals surface area contributed by atoms with Gasteiger partial charge < -0.3 is 9.47 Å². The third-order valence-electron chi connectivity index (χ3n) is 8.56. The van der Waals surface area contributed by atoms with Gasteiger partial charge in [-0.2, -0.15) is 0 Å². The van der Waals surface area contributed by atoms with Crippen LogP contribution in [0.1, 0.15) is 106 Å². The van der Waals surface area contributed by atoms with Gasteiger partial charge in [0.05, 0.1) is 5.92 Å². The molecule has 0 radical (unpaired) electrons. The predicted molar refractivity (Wildman–Crippen MR) is 119 cm³/mol. The lowest BCUT2D eigenvalue weighted by atomic mass is 9.80. The maximum absolute atomic E-state index is 12.4. The van der Waals surface area contributed by atoms with Gasteiger partial charge in [0.2, 0.25) is 0 Å². The normalized spacial score (nSPS) is 37.8. The molecule has 0 heterocycles. The highest BCUT2D eigenvalue weighted by Crippen LogP contribution is 2.67. The Morgan fingerprint density at radius 2 is 1.63 bits per heavy atom. The van der Waals surface area contributed by atoms with Crippen LogP contribution in [0.2, 0.25) is 0 Å². The van der Waals surface area contributed by atoms with Crippen LogP contribution >= 0.6 is 0 Å². The molecule has 0 aromatic heterocycles. The number of carbonyl (C=O) groups excluding carboxylic acids is 2. The smallest absolute Gasteiger partial charge is 0.309 e. The van der Waals surface area contributed by atoms with Crippen LogP contribution in [0.5, 0.6) is 0 Å². The second kappa shape index (κ2) is 8.13. The topological polar surface area (TPSA) is 52.6 Å². The minimum atomic E-state index is -0.250. The maximum atomic E-state index is 12.4. The van der Waals surface area contributed by atoms with Crippen molar-refractivity contribution in [3.63, 3.8) is 0 Å². The number of hydrogen-bond acceptors (Lipinski definition) is 4. The lowest BCUT2D eigenvalue weighted by molar-refractivity contribution is -0.168. The predicted octanol–water partition coefficient (Wildman–Crippen LogP) is 6.31. The first-order valence-electron chi connectivity index (χ1n) is 12.1. The van der Waals surface area contributed by atoms with E-state index in [0.717, 1.165) is 44.9 Å².